The number of aromatic nitrogens is 2. The molecule has 0 aliphatic carbocycles. The zero-order valence-electron chi connectivity index (χ0n) is 8.79. The first-order chi connectivity index (χ1) is 7.16. The van der Waals surface area contributed by atoms with Crippen molar-refractivity contribution in [2.45, 2.75) is 26.4 Å². The minimum atomic E-state index is 0.327. The fourth-order valence-electron chi connectivity index (χ4n) is 1.39. The second-order valence-corrected chi connectivity index (χ2v) is 4.16. The molecule has 79 valence electrons. The van der Waals surface area contributed by atoms with Crippen molar-refractivity contribution in [3.63, 3.8) is 0 Å². The Labute approximate surface area is 93.9 Å². The Kier molecular flexibility index (Phi) is 2.93. The molecule has 0 aliphatic rings. The molecule has 0 atom stereocenters. The number of fused-ring (bicyclic) bond motifs is 1. The quantitative estimate of drug-likeness (QED) is 0.853. The lowest BCUT2D eigenvalue weighted by molar-refractivity contribution is 0.562. The van der Waals surface area contributed by atoms with Crippen LogP contribution in [0.15, 0.2) is 18.2 Å². The third-order valence-corrected chi connectivity index (χ3v) is 2.42. The number of aromatic amines is 1. The molecule has 15 heavy (non-hydrogen) atoms. The number of rotatable bonds is 3. The molecule has 1 aromatic heterocycles. The molecule has 4 heteroatoms. The van der Waals surface area contributed by atoms with Crippen LogP contribution in [0.5, 0.6) is 0 Å². The zero-order chi connectivity index (χ0) is 10.8. The molecular formula is C11H13ClN3. The lowest BCUT2D eigenvalue weighted by atomic mass is 10.3. The predicted molar refractivity (Wildman–Crippen MR) is 62.1 cm³/mol. The van der Waals surface area contributed by atoms with E-state index in [4.69, 9.17) is 11.6 Å². The van der Waals surface area contributed by atoms with Crippen molar-refractivity contribution in [2.24, 2.45) is 0 Å². The van der Waals surface area contributed by atoms with Gasteiger partial charge in [0.05, 0.1) is 17.1 Å². The number of benzene rings is 1. The van der Waals surface area contributed by atoms with Gasteiger partial charge in [-0.3, -0.25) is 0 Å². The van der Waals surface area contributed by atoms with Crippen LogP contribution >= 0.6 is 11.6 Å². The normalized spacial score (nSPS) is 11.5. The van der Waals surface area contributed by atoms with Gasteiger partial charge in [-0.25, -0.2) is 10.3 Å². The third kappa shape index (κ3) is 2.30. The lowest BCUT2D eigenvalue weighted by Crippen LogP contribution is -2.14. The first kappa shape index (κ1) is 10.5. The first-order valence-corrected chi connectivity index (χ1v) is 5.34. The van der Waals surface area contributed by atoms with E-state index in [0.717, 1.165) is 16.9 Å². The summed E-state index contributed by atoms with van der Waals surface area (Å²) >= 11 is 6.02. The van der Waals surface area contributed by atoms with Crippen molar-refractivity contribution in [3.8, 4) is 0 Å². The van der Waals surface area contributed by atoms with Gasteiger partial charge < -0.3 is 4.98 Å². The Balaban J connectivity index is 2.27. The smallest absolute Gasteiger partial charge is 0.123 e. The molecule has 0 bridgehead atoms. The molecule has 0 saturated carbocycles. The van der Waals surface area contributed by atoms with Gasteiger partial charge in [-0.15, -0.1) is 0 Å². The maximum atomic E-state index is 6.02. The third-order valence-electron chi connectivity index (χ3n) is 2.12. The summed E-state index contributed by atoms with van der Waals surface area (Å²) in [5.74, 6) is 0.867. The van der Waals surface area contributed by atoms with E-state index in [2.05, 4.69) is 29.1 Å². The fraction of sp³-hybridized carbons (Fsp3) is 0.364. The van der Waals surface area contributed by atoms with Crippen LogP contribution in [-0.2, 0) is 6.54 Å². The van der Waals surface area contributed by atoms with Crippen molar-refractivity contribution >= 4 is 22.6 Å². The number of hydrogen-bond donors (Lipinski definition) is 1. The van der Waals surface area contributed by atoms with E-state index >= 15 is 0 Å². The SMILES string of the molecule is CC(C)[N]Cc1nc2c(Cl)cccc2[nH]1. The highest BCUT2D eigenvalue weighted by Crippen LogP contribution is 2.20. The highest BCUT2D eigenvalue weighted by molar-refractivity contribution is 6.34. The van der Waals surface area contributed by atoms with Gasteiger partial charge in [0.25, 0.3) is 0 Å². The summed E-state index contributed by atoms with van der Waals surface area (Å²) in [5, 5.41) is 5.06. The zero-order valence-corrected chi connectivity index (χ0v) is 9.54. The van der Waals surface area contributed by atoms with Crippen LogP contribution in [0.3, 0.4) is 0 Å². The molecule has 0 aliphatic heterocycles. The number of para-hydroxylation sites is 1. The van der Waals surface area contributed by atoms with Crippen LogP contribution in [0.4, 0.5) is 0 Å². The minimum Gasteiger partial charge on any atom is -0.341 e. The standard InChI is InChI=1S/C11H13ClN3/c1-7(2)13-6-10-14-9-5-3-4-8(12)11(9)15-10/h3-5,7H,6H2,1-2H3,(H,14,15). The van der Waals surface area contributed by atoms with Crippen molar-refractivity contribution in [2.75, 3.05) is 0 Å². The molecule has 1 N–H and O–H groups in total. The number of H-pyrrole nitrogens is 1. The van der Waals surface area contributed by atoms with Gasteiger partial charge in [-0.05, 0) is 26.0 Å². The number of halogens is 1. The molecule has 1 aromatic carbocycles. The maximum Gasteiger partial charge on any atom is 0.123 e. The van der Waals surface area contributed by atoms with Crippen molar-refractivity contribution in [1.29, 1.82) is 0 Å². The van der Waals surface area contributed by atoms with Crippen LogP contribution in [-0.4, -0.2) is 16.0 Å². The molecule has 0 fully saturated rings. The monoisotopic (exact) mass is 222 g/mol. The van der Waals surface area contributed by atoms with Crippen LogP contribution in [0.1, 0.15) is 19.7 Å². The molecule has 0 saturated heterocycles. The Morgan fingerprint density at radius 2 is 2.27 bits per heavy atom. The largest absolute Gasteiger partial charge is 0.341 e. The van der Waals surface area contributed by atoms with E-state index < -0.39 is 0 Å². The van der Waals surface area contributed by atoms with Gasteiger partial charge in [0.15, 0.2) is 0 Å². The number of nitrogens with one attached hydrogen (secondary N) is 1. The van der Waals surface area contributed by atoms with E-state index in [1.165, 1.54) is 0 Å². The Morgan fingerprint density at radius 1 is 1.47 bits per heavy atom. The summed E-state index contributed by atoms with van der Waals surface area (Å²) < 4.78 is 0. The number of hydrogen-bond acceptors (Lipinski definition) is 1. The molecule has 3 nitrogen and oxygen atoms in total. The summed E-state index contributed by atoms with van der Waals surface area (Å²) in [4.78, 5) is 7.61. The average Bonchev–Trinajstić information content (AvgIpc) is 2.59. The molecule has 0 unspecified atom stereocenters. The summed E-state index contributed by atoms with van der Waals surface area (Å²) in [6, 6.07) is 6.04. The molecule has 1 radical (unpaired) electrons. The van der Waals surface area contributed by atoms with Crippen LogP contribution in [0.25, 0.3) is 11.0 Å². The lowest BCUT2D eigenvalue weighted by Gasteiger charge is -2.01. The van der Waals surface area contributed by atoms with E-state index in [-0.39, 0.29) is 0 Å². The van der Waals surface area contributed by atoms with Gasteiger partial charge >= 0.3 is 0 Å². The van der Waals surface area contributed by atoms with Gasteiger partial charge in [0.1, 0.15) is 11.3 Å². The molecule has 0 spiro atoms. The van der Waals surface area contributed by atoms with E-state index in [0.29, 0.717) is 17.6 Å². The minimum absolute atomic E-state index is 0.327. The maximum absolute atomic E-state index is 6.02. The Hall–Kier alpha value is -1.06. The van der Waals surface area contributed by atoms with E-state index in [1.54, 1.807) is 0 Å². The van der Waals surface area contributed by atoms with Crippen LogP contribution in [0.2, 0.25) is 5.02 Å². The van der Waals surface area contributed by atoms with Crippen LogP contribution in [0, 0.1) is 0 Å². The van der Waals surface area contributed by atoms with Gasteiger partial charge in [0.2, 0.25) is 0 Å². The predicted octanol–water partition coefficient (Wildman–Crippen LogP) is 2.73. The van der Waals surface area contributed by atoms with Crippen molar-refractivity contribution < 1.29 is 0 Å². The van der Waals surface area contributed by atoms with Crippen molar-refractivity contribution in [3.05, 3.63) is 29.0 Å². The second-order valence-electron chi connectivity index (χ2n) is 3.75. The number of nitrogens with zero attached hydrogens (tertiary/aromatic N) is 2. The molecule has 0 amide bonds. The molecule has 2 aromatic rings. The Bertz CT molecular complexity index is 462. The molecular weight excluding hydrogens is 210 g/mol. The summed E-state index contributed by atoms with van der Waals surface area (Å²) in [7, 11) is 0. The molecule has 2 rings (SSSR count). The van der Waals surface area contributed by atoms with E-state index in [9.17, 15) is 0 Å². The topological polar surface area (TPSA) is 42.8 Å². The van der Waals surface area contributed by atoms with Crippen molar-refractivity contribution in [1.82, 2.24) is 15.3 Å². The molecule has 1 heterocycles. The van der Waals surface area contributed by atoms with Gasteiger partial charge in [-0.1, -0.05) is 17.7 Å². The van der Waals surface area contributed by atoms with E-state index in [1.807, 2.05) is 18.2 Å². The average molecular weight is 223 g/mol. The van der Waals surface area contributed by atoms with Gasteiger partial charge in [-0.2, -0.15) is 0 Å². The van der Waals surface area contributed by atoms with Crippen LogP contribution < -0.4 is 5.32 Å². The van der Waals surface area contributed by atoms with Gasteiger partial charge in [0, 0.05) is 6.04 Å². The summed E-state index contributed by atoms with van der Waals surface area (Å²) in [6.45, 7) is 4.72. The second kappa shape index (κ2) is 4.21. The number of imidazole rings is 1. The highest BCUT2D eigenvalue weighted by atomic mass is 35.5. The first-order valence-electron chi connectivity index (χ1n) is 4.96. The summed E-state index contributed by atoms with van der Waals surface area (Å²) in [6.07, 6.45) is 0. The highest BCUT2D eigenvalue weighted by Gasteiger charge is 2.06. The fourth-order valence-corrected chi connectivity index (χ4v) is 1.61. The summed E-state index contributed by atoms with van der Waals surface area (Å²) in [5.41, 5.74) is 1.80. The Morgan fingerprint density at radius 3 is 2.93 bits per heavy atom.